The van der Waals surface area contributed by atoms with E-state index in [1.165, 1.54) is 6.07 Å². The second-order valence-electron chi connectivity index (χ2n) is 9.39. The van der Waals surface area contributed by atoms with Crippen molar-refractivity contribution in [3.05, 3.63) is 65.5 Å². The van der Waals surface area contributed by atoms with Crippen LogP contribution in [0.15, 0.2) is 48.5 Å². The number of hydrogen-bond donors (Lipinski definition) is 3. The zero-order chi connectivity index (χ0) is 28.2. The Morgan fingerprint density at radius 2 is 1.74 bits per heavy atom. The van der Waals surface area contributed by atoms with Gasteiger partial charge < -0.3 is 26.0 Å². The summed E-state index contributed by atoms with van der Waals surface area (Å²) < 4.78 is 68.0. The second kappa shape index (κ2) is 11.9. The summed E-state index contributed by atoms with van der Waals surface area (Å²) in [7, 11) is 0. The van der Waals surface area contributed by atoms with Gasteiger partial charge in [-0.1, -0.05) is 30.7 Å². The Labute approximate surface area is 222 Å². The van der Waals surface area contributed by atoms with Gasteiger partial charge in [-0.25, -0.2) is 9.37 Å². The number of hydrogen-bond acceptors (Lipinski definition) is 7. The van der Waals surface area contributed by atoms with E-state index in [1.54, 1.807) is 24.3 Å². The number of carbonyl (C=O) groups is 1. The average Bonchev–Trinajstić information content (AvgIpc) is 2.88. The maximum atomic E-state index is 14.3. The monoisotopic (exact) mass is 548 g/mol. The molecule has 1 aliphatic rings. The number of carboxylic acid groups (broad SMARTS) is 1. The van der Waals surface area contributed by atoms with E-state index in [-0.39, 0.29) is 35.5 Å². The number of benzene rings is 2. The summed E-state index contributed by atoms with van der Waals surface area (Å²) >= 11 is 0. The molecule has 0 amide bonds. The smallest absolute Gasteiger partial charge is 0.429 e. The largest absolute Gasteiger partial charge is 0.490 e. The minimum absolute atomic E-state index is 0.0894. The molecule has 2 unspecified atom stereocenters. The lowest BCUT2D eigenvalue weighted by Crippen LogP contribution is -2.32. The predicted molar refractivity (Wildman–Crippen MR) is 135 cm³/mol. The zero-order valence-corrected chi connectivity index (χ0v) is 20.8. The number of carboxylic acids is 1. The predicted octanol–water partition coefficient (Wildman–Crippen LogP) is 5.21. The van der Waals surface area contributed by atoms with Crippen LogP contribution in [0.5, 0.6) is 11.6 Å². The van der Waals surface area contributed by atoms with E-state index in [1.807, 2.05) is 0 Å². The summed E-state index contributed by atoms with van der Waals surface area (Å²) in [6, 6.07) is 9.44. The molecule has 1 aromatic heterocycles. The topological polar surface area (TPSA) is 134 Å². The fraction of sp³-hybridized carbons (Fsp3) is 0.370. The summed E-state index contributed by atoms with van der Waals surface area (Å²) in [5.41, 5.74) is 12.3. The molecule has 0 spiro atoms. The van der Waals surface area contributed by atoms with Gasteiger partial charge in [-0.2, -0.15) is 18.2 Å². The number of nitrogens with two attached hydrogens (primary N) is 2. The number of anilines is 1. The number of alkyl halides is 3. The molecule has 0 aliphatic heterocycles. The first-order chi connectivity index (χ1) is 18.5. The van der Waals surface area contributed by atoms with Crippen LogP contribution >= 0.6 is 0 Å². The lowest BCUT2D eigenvalue weighted by Gasteiger charge is -2.27. The standard InChI is InChI=1S/C27H28F4N4O4/c28-17-10-11-19(22(13-17)38-18-4-2-1-3-5-18)24(27(29,30)31)39-23-14-21(34-26(33)35-23)16-8-6-15(7-9-16)12-20(32)25(36)37/h6-11,13-14,18,20,24H,1-5,12,32H2,(H,36,37)(H2,33,34,35). The number of nitrogen functional groups attached to an aromatic ring is 1. The van der Waals surface area contributed by atoms with Gasteiger partial charge in [-0.15, -0.1) is 0 Å². The highest BCUT2D eigenvalue weighted by atomic mass is 19.4. The van der Waals surface area contributed by atoms with Gasteiger partial charge in [0.25, 0.3) is 0 Å². The Morgan fingerprint density at radius 1 is 1.05 bits per heavy atom. The van der Waals surface area contributed by atoms with Crippen molar-refractivity contribution in [3.8, 4) is 22.9 Å². The van der Waals surface area contributed by atoms with E-state index in [2.05, 4.69) is 9.97 Å². The Balaban J connectivity index is 1.62. The van der Waals surface area contributed by atoms with Crippen LogP contribution in [-0.2, 0) is 11.2 Å². The Bertz CT molecular complexity index is 1300. The van der Waals surface area contributed by atoms with Crippen molar-refractivity contribution < 1.29 is 36.9 Å². The number of rotatable bonds is 9. The molecule has 12 heteroatoms. The van der Waals surface area contributed by atoms with Crippen molar-refractivity contribution >= 4 is 11.9 Å². The molecule has 1 heterocycles. The van der Waals surface area contributed by atoms with E-state index in [9.17, 15) is 22.4 Å². The molecule has 0 bridgehead atoms. The van der Waals surface area contributed by atoms with Crippen molar-refractivity contribution in [1.82, 2.24) is 9.97 Å². The van der Waals surface area contributed by atoms with Crippen LogP contribution in [0.25, 0.3) is 11.3 Å². The van der Waals surface area contributed by atoms with Crippen molar-refractivity contribution in [1.29, 1.82) is 0 Å². The van der Waals surface area contributed by atoms with Crippen molar-refractivity contribution in [2.24, 2.45) is 5.73 Å². The quantitative estimate of drug-likeness (QED) is 0.310. The Kier molecular flexibility index (Phi) is 8.54. The van der Waals surface area contributed by atoms with E-state index in [4.69, 9.17) is 26.0 Å². The lowest BCUT2D eigenvalue weighted by atomic mass is 9.97. The van der Waals surface area contributed by atoms with Crippen LogP contribution < -0.4 is 20.9 Å². The van der Waals surface area contributed by atoms with Crippen LogP contribution in [0.2, 0.25) is 0 Å². The first-order valence-electron chi connectivity index (χ1n) is 12.4. The van der Waals surface area contributed by atoms with E-state index in [0.29, 0.717) is 24.0 Å². The summed E-state index contributed by atoms with van der Waals surface area (Å²) in [6.45, 7) is 0. The molecule has 2 aromatic carbocycles. The Hall–Kier alpha value is -3.93. The number of halogens is 4. The fourth-order valence-electron chi connectivity index (χ4n) is 4.42. The van der Waals surface area contributed by atoms with Gasteiger partial charge in [0.15, 0.2) is 0 Å². The maximum absolute atomic E-state index is 14.3. The van der Waals surface area contributed by atoms with Crippen molar-refractivity contribution in [3.63, 3.8) is 0 Å². The van der Waals surface area contributed by atoms with Crippen LogP contribution in [0, 0.1) is 5.82 Å². The van der Waals surface area contributed by atoms with Crippen molar-refractivity contribution in [2.45, 2.75) is 63.0 Å². The molecular weight excluding hydrogens is 520 g/mol. The SMILES string of the molecule is Nc1nc(OC(c2ccc(F)cc2OC2CCCCC2)C(F)(F)F)cc(-c2ccc(CC(N)C(=O)O)cc2)n1. The first kappa shape index (κ1) is 28.1. The molecule has 0 radical (unpaired) electrons. The van der Waals surface area contributed by atoms with Crippen molar-refractivity contribution in [2.75, 3.05) is 5.73 Å². The summed E-state index contributed by atoms with van der Waals surface area (Å²) in [5, 5.41) is 8.98. The van der Waals surface area contributed by atoms with Gasteiger partial charge >= 0.3 is 12.1 Å². The molecule has 2 atom stereocenters. The van der Waals surface area contributed by atoms with E-state index in [0.717, 1.165) is 37.5 Å². The maximum Gasteiger partial charge on any atom is 0.429 e. The van der Waals surface area contributed by atoms with E-state index >= 15 is 0 Å². The average molecular weight is 549 g/mol. The molecule has 1 aliphatic carbocycles. The molecule has 1 fully saturated rings. The van der Waals surface area contributed by atoms with Gasteiger partial charge in [0.05, 0.1) is 11.8 Å². The molecular formula is C27H28F4N4O4. The highest BCUT2D eigenvalue weighted by Gasteiger charge is 2.45. The third-order valence-corrected chi connectivity index (χ3v) is 6.38. The number of nitrogens with zero attached hydrogens (tertiary/aromatic N) is 2. The zero-order valence-electron chi connectivity index (χ0n) is 20.8. The molecule has 0 saturated heterocycles. The molecule has 3 aromatic rings. The van der Waals surface area contributed by atoms with Crippen LogP contribution in [0.4, 0.5) is 23.5 Å². The Morgan fingerprint density at radius 3 is 2.38 bits per heavy atom. The molecule has 39 heavy (non-hydrogen) atoms. The van der Waals surface area contributed by atoms with Gasteiger partial charge in [0.1, 0.15) is 17.6 Å². The lowest BCUT2D eigenvalue weighted by molar-refractivity contribution is -0.199. The van der Waals surface area contributed by atoms with E-state index < -0.39 is 36.0 Å². The highest BCUT2D eigenvalue weighted by Crippen LogP contribution is 2.42. The fourth-order valence-corrected chi connectivity index (χ4v) is 4.42. The summed E-state index contributed by atoms with van der Waals surface area (Å²) in [6.07, 6.45) is -3.53. The summed E-state index contributed by atoms with van der Waals surface area (Å²) in [4.78, 5) is 18.9. The van der Waals surface area contributed by atoms with Gasteiger partial charge in [0, 0.05) is 23.3 Å². The number of ether oxygens (including phenoxy) is 2. The van der Waals surface area contributed by atoms with Crippen LogP contribution in [-0.4, -0.2) is 39.4 Å². The molecule has 208 valence electrons. The van der Waals surface area contributed by atoms with Crippen LogP contribution in [0.1, 0.15) is 49.3 Å². The second-order valence-corrected chi connectivity index (χ2v) is 9.39. The first-order valence-corrected chi connectivity index (χ1v) is 12.4. The van der Waals surface area contributed by atoms with Crippen LogP contribution in [0.3, 0.4) is 0 Å². The third kappa shape index (κ3) is 7.34. The number of aliphatic carboxylic acids is 1. The minimum atomic E-state index is -4.90. The molecule has 8 nitrogen and oxygen atoms in total. The summed E-state index contributed by atoms with van der Waals surface area (Å²) in [5.74, 6) is -2.87. The minimum Gasteiger partial charge on any atom is -0.490 e. The molecule has 1 saturated carbocycles. The van der Waals surface area contributed by atoms with Gasteiger partial charge in [-0.05, 0) is 49.8 Å². The number of aromatic nitrogens is 2. The molecule has 4 rings (SSSR count). The van der Waals surface area contributed by atoms with Gasteiger partial charge in [-0.3, -0.25) is 4.79 Å². The third-order valence-electron chi connectivity index (χ3n) is 6.38. The van der Waals surface area contributed by atoms with Gasteiger partial charge in [0.2, 0.25) is 17.9 Å². The molecule has 5 N–H and O–H groups in total. The normalized spacial score (nSPS) is 15.9. The highest BCUT2D eigenvalue weighted by molar-refractivity contribution is 5.73.